The summed E-state index contributed by atoms with van der Waals surface area (Å²) in [5.74, 6) is 0.217. The van der Waals surface area contributed by atoms with E-state index in [0.717, 1.165) is 30.5 Å². The maximum Gasteiger partial charge on any atom is 0.269 e. The number of fused-ring (bicyclic) bond motifs is 1. The summed E-state index contributed by atoms with van der Waals surface area (Å²) in [6.45, 7) is 3.60. The highest BCUT2D eigenvalue weighted by atomic mass is 32.1. The van der Waals surface area contributed by atoms with Crippen LogP contribution in [0.3, 0.4) is 0 Å². The Bertz CT molecular complexity index is 704. The minimum absolute atomic E-state index is 0.217. The number of para-hydroxylation sites is 2. The Labute approximate surface area is 129 Å². The second-order valence-electron chi connectivity index (χ2n) is 5.67. The van der Waals surface area contributed by atoms with E-state index in [-0.39, 0.29) is 5.91 Å². The number of rotatable bonds is 3. The summed E-state index contributed by atoms with van der Waals surface area (Å²) in [6.07, 6.45) is 3.93. The van der Waals surface area contributed by atoms with Crippen LogP contribution in [0.1, 0.15) is 32.6 Å². The molecule has 5 heteroatoms. The van der Waals surface area contributed by atoms with E-state index >= 15 is 0 Å². The summed E-state index contributed by atoms with van der Waals surface area (Å²) >= 11 is 5.26. The SMILES string of the molecule is C[C@@H]1CCCCN1C(=O)CCn1c(=S)oc2ccccc21. The Kier molecular flexibility index (Phi) is 4.10. The quantitative estimate of drug-likeness (QED) is 0.811. The molecule has 1 aliphatic heterocycles. The predicted molar refractivity (Wildman–Crippen MR) is 84.7 cm³/mol. The van der Waals surface area contributed by atoms with Crippen LogP contribution in [-0.2, 0) is 11.3 Å². The first-order valence-electron chi connectivity index (χ1n) is 7.54. The first kappa shape index (κ1) is 14.3. The Morgan fingerprint density at radius 3 is 3.00 bits per heavy atom. The molecule has 1 saturated heterocycles. The maximum absolute atomic E-state index is 12.4. The molecule has 0 radical (unpaired) electrons. The van der Waals surface area contributed by atoms with E-state index in [0.29, 0.717) is 23.8 Å². The topological polar surface area (TPSA) is 38.4 Å². The van der Waals surface area contributed by atoms with E-state index in [1.54, 1.807) is 0 Å². The van der Waals surface area contributed by atoms with Crippen molar-refractivity contribution in [3.63, 3.8) is 0 Å². The Morgan fingerprint density at radius 2 is 2.19 bits per heavy atom. The van der Waals surface area contributed by atoms with Crippen LogP contribution < -0.4 is 0 Å². The molecule has 1 atom stereocenters. The number of aromatic nitrogens is 1. The van der Waals surface area contributed by atoms with Crippen LogP contribution in [0.2, 0.25) is 0 Å². The molecule has 0 unspecified atom stereocenters. The summed E-state index contributed by atoms with van der Waals surface area (Å²) in [5, 5.41) is 0. The first-order chi connectivity index (χ1) is 10.2. The number of nitrogens with zero attached hydrogens (tertiary/aromatic N) is 2. The maximum atomic E-state index is 12.4. The van der Waals surface area contributed by atoms with Gasteiger partial charge in [-0.25, -0.2) is 0 Å². The van der Waals surface area contributed by atoms with E-state index in [1.165, 1.54) is 6.42 Å². The molecule has 1 aromatic heterocycles. The molecule has 1 fully saturated rings. The second kappa shape index (κ2) is 6.02. The van der Waals surface area contributed by atoms with Crippen LogP contribution in [-0.4, -0.2) is 28.0 Å². The molecule has 1 aliphatic rings. The standard InChI is InChI=1S/C16H20N2O2S/c1-12-6-4-5-10-17(12)15(19)9-11-18-13-7-2-3-8-14(13)20-16(18)21/h2-3,7-8,12H,4-6,9-11H2,1H3/t12-/m1/s1. The minimum Gasteiger partial charge on any atom is -0.429 e. The summed E-state index contributed by atoms with van der Waals surface area (Å²) in [6, 6.07) is 8.11. The van der Waals surface area contributed by atoms with Crippen LogP contribution in [0.15, 0.2) is 28.7 Å². The molecule has 3 rings (SSSR count). The van der Waals surface area contributed by atoms with Gasteiger partial charge >= 0.3 is 0 Å². The molecule has 0 saturated carbocycles. The van der Waals surface area contributed by atoms with Crippen molar-refractivity contribution in [1.82, 2.24) is 9.47 Å². The summed E-state index contributed by atoms with van der Waals surface area (Å²) < 4.78 is 7.46. The van der Waals surface area contributed by atoms with Crippen molar-refractivity contribution < 1.29 is 9.21 Å². The van der Waals surface area contributed by atoms with Gasteiger partial charge in [-0.05, 0) is 50.5 Å². The molecule has 2 aromatic rings. The van der Waals surface area contributed by atoms with E-state index in [9.17, 15) is 4.79 Å². The van der Waals surface area contributed by atoms with Gasteiger partial charge in [0.1, 0.15) is 0 Å². The van der Waals surface area contributed by atoms with E-state index in [4.69, 9.17) is 16.6 Å². The molecule has 112 valence electrons. The monoisotopic (exact) mass is 304 g/mol. The number of oxazole rings is 1. The van der Waals surface area contributed by atoms with Crippen molar-refractivity contribution >= 4 is 29.2 Å². The highest BCUT2D eigenvalue weighted by Gasteiger charge is 2.23. The minimum atomic E-state index is 0.217. The molecule has 1 amide bonds. The number of aryl methyl sites for hydroxylation is 1. The molecular weight excluding hydrogens is 284 g/mol. The fourth-order valence-electron chi connectivity index (χ4n) is 3.05. The Balaban J connectivity index is 1.73. The van der Waals surface area contributed by atoms with Gasteiger partial charge in [-0.15, -0.1) is 0 Å². The molecule has 0 bridgehead atoms. The summed E-state index contributed by atoms with van der Waals surface area (Å²) in [5.41, 5.74) is 1.74. The molecule has 0 N–H and O–H groups in total. The van der Waals surface area contributed by atoms with E-state index in [2.05, 4.69) is 6.92 Å². The summed E-state index contributed by atoms with van der Waals surface area (Å²) in [4.78, 5) is 14.8. The van der Waals surface area contributed by atoms with Crippen molar-refractivity contribution in [2.75, 3.05) is 6.54 Å². The fraction of sp³-hybridized carbons (Fsp3) is 0.500. The van der Waals surface area contributed by atoms with Gasteiger partial charge in [0.25, 0.3) is 4.84 Å². The van der Waals surface area contributed by atoms with Crippen molar-refractivity contribution in [2.45, 2.75) is 45.2 Å². The summed E-state index contributed by atoms with van der Waals surface area (Å²) in [7, 11) is 0. The molecule has 21 heavy (non-hydrogen) atoms. The smallest absolute Gasteiger partial charge is 0.269 e. The zero-order valence-electron chi connectivity index (χ0n) is 12.2. The number of carbonyl (C=O) groups is 1. The molecular formula is C16H20N2O2S. The third-order valence-electron chi connectivity index (χ3n) is 4.25. The predicted octanol–water partition coefficient (Wildman–Crippen LogP) is 3.75. The average molecular weight is 304 g/mol. The molecule has 1 aromatic carbocycles. The number of carbonyl (C=O) groups excluding carboxylic acids is 1. The highest BCUT2D eigenvalue weighted by molar-refractivity contribution is 7.71. The van der Waals surface area contributed by atoms with E-state index < -0.39 is 0 Å². The number of likely N-dealkylation sites (tertiary alicyclic amines) is 1. The zero-order chi connectivity index (χ0) is 14.8. The lowest BCUT2D eigenvalue weighted by Crippen LogP contribution is -2.42. The first-order valence-corrected chi connectivity index (χ1v) is 7.95. The van der Waals surface area contributed by atoms with E-state index in [1.807, 2.05) is 33.7 Å². The third kappa shape index (κ3) is 2.88. The van der Waals surface area contributed by atoms with Gasteiger partial charge in [0.2, 0.25) is 5.91 Å². The molecule has 2 heterocycles. The lowest BCUT2D eigenvalue weighted by atomic mass is 10.0. The average Bonchev–Trinajstić information content (AvgIpc) is 2.81. The van der Waals surface area contributed by atoms with Gasteiger partial charge in [0, 0.05) is 25.6 Å². The van der Waals surface area contributed by atoms with Gasteiger partial charge in [-0.1, -0.05) is 12.1 Å². The van der Waals surface area contributed by atoms with Crippen LogP contribution in [0.5, 0.6) is 0 Å². The Morgan fingerprint density at radius 1 is 1.38 bits per heavy atom. The van der Waals surface area contributed by atoms with Crippen molar-refractivity contribution in [3.05, 3.63) is 29.1 Å². The fourth-order valence-corrected chi connectivity index (χ4v) is 3.32. The molecule has 0 spiro atoms. The number of amides is 1. The number of piperidine rings is 1. The lowest BCUT2D eigenvalue weighted by Gasteiger charge is -2.33. The zero-order valence-corrected chi connectivity index (χ0v) is 13.1. The normalized spacial score (nSPS) is 19.1. The van der Waals surface area contributed by atoms with Crippen molar-refractivity contribution in [3.8, 4) is 0 Å². The van der Waals surface area contributed by atoms with Gasteiger partial charge in [0.15, 0.2) is 5.58 Å². The van der Waals surface area contributed by atoms with Crippen molar-refractivity contribution in [2.24, 2.45) is 0 Å². The van der Waals surface area contributed by atoms with Crippen molar-refractivity contribution in [1.29, 1.82) is 0 Å². The van der Waals surface area contributed by atoms with Crippen LogP contribution in [0, 0.1) is 4.84 Å². The lowest BCUT2D eigenvalue weighted by molar-refractivity contribution is -0.134. The number of benzene rings is 1. The second-order valence-corrected chi connectivity index (χ2v) is 6.02. The van der Waals surface area contributed by atoms with Crippen LogP contribution >= 0.6 is 12.2 Å². The van der Waals surface area contributed by atoms with Gasteiger partial charge in [-0.3, -0.25) is 9.36 Å². The number of hydrogen-bond donors (Lipinski definition) is 0. The molecule has 0 aliphatic carbocycles. The highest BCUT2D eigenvalue weighted by Crippen LogP contribution is 2.20. The van der Waals surface area contributed by atoms with Gasteiger partial charge < -0.3 is 9.32 Å². The van der Waals surface area contributed by atoms with Gasteiger partial charge in [-0.2, -0.15) is 0 Å². The largest absolute Gasteiger partial charge is 0.429 e. The van der Waals surface area contributed by atoms with Gasteiger partial charge in [0.05, 0.1) is 5.52 Å². The van der Waals surface area contributed by atoms with Crippen LogP contribution in [0.25, 0.3) is 11.1 Å². The molecule has 4 nitrogen and oxygen atoms in total. The Hall–Kier alpha value is -1.62. The number of hydrogen-bond acceptors (Lipinski definition) is 3. The third-order valence-corrected chi connectivity index (χ3v) is 4.55. The van der Waals surface area contributed by atoms with Crippen LogP contribution in [0.4, 0.5) is 0 Å².